The maximum Gasteiger partial charge on any atom is 0.255 e. The first-order valence-corrected chi connectivity index (χ1v) is 4.63. The molecule has 82 valence electrons. The highest BCUT2D eigenvalue weighted by atomic mass is 19.3. The van der Waals surface area contributed by atoms with Gasteiger partial charge in [0.25, 0.3) is 11.8 Å². The monoisotopic (exact) mass is 217 g/mol. The predicted octanol–water partition coefficient (Wildman–Crippen LogP) is 2.71. The van der Waals surface area contributed by atoms with Gasteiger partial charge in [0.15, 0.2) is 5.82 Å². The summed E-state index contributed by atoms with van der Waals surface area (Å²) in [4.78, 5) is 3.71. The summed E-state index contributed by atoms with van der Waals surface area (Å²) in [6.07, 6.45) is 0.101. The van der Waals surface area contributed by atoms with Crippen molar-refractivity contribution in [3.63, 3.8) is 0 Å². The Bertz CT molecular complexity index is 373. The van der Waals surface area contributed by atoms with E-state index in [1.807, 2.05) is 0 Å². The normalized spacial score (nSPS) is 19.7. The van der Waals surface area contributed by atoms with Crippen LogP contribution in [0.3, 0.4) is 0 Å². The van der Waals surface area contributed by atoms with Gasteiger partial charge in [0.05, 0.1) is 0 Å². The van der Waals surface area contributed by atoms with E-state index in [2.05, 4.69) is 4.98 Å². The number of rotatable bonds is 2. The molecule has 15 heavy (non-hydrogen) atoms. The summed E-state index contributed by atoms with van der Waals surface area (Å²) in [7, 11) is 0. The summed E-state index contributed by atoms with van der Waals surface area (Å²) < 4.78 is 43.1. The fourth-order valence-corrected chi connectivity index (χ4v) is 1.46. The maximum atomic E-state index is 13.2. The molecule has 1 aliphatic rings. The molecule has 5 heteroatoms. The van der Waals surface area contributed by atoms with Crippen molar-refractivity contribution in [2.45, 2.75) is 31.8 Å². The quantitative estimate of drug-likeness (QED) is 0.759. The number of hydrogen-bond acceptors (Lipinski definition) is 2. The van der Waals surface area contributed by atoms with Crippen molar-refractivity contribution in [3.05, 3.63) is 23.6 Å². The summed E-state index contributed by atoms with van der Waals surface area (Å²) >= 11 is 0. The molecule has 2 rings (SSSR count). The largest absolute Gasteiger partial charge is 0.472 e. The van der Waals surface area contributed by atoms with Gasteiger partial charge in [-0.25, -0.2) is 18.2 Å². The van der Waals surface area contributed by atoms with Crippen molar-refractivity contribution in [1.82, 2.24) is 4.98 Å². The van der Waals surface area contributed by atoms with Gasteiger partial charge in [-0.1, -0.05) is 0 Å². The van der Waals surface area contributed by atoms with Crippen LogP contribution in [0.4, 0.5) is 13.2 Å². The second-order valence-corrected chi connectivity index (χ2v) is 3.80. The van der Waals surface area contributed by atoms with Gasteiger partial charge in [0.1, 0.15) is 6.10 Å². The molecule has 0 saturated heterocycles. The van der Waals surface area contributed by atoms with Gasteiger partial charge >= 0.3 is 0 Å². The van der Waals surface area contributed by atoms with Gasteiger partial charge in [0, 0.05) is 19.0 Å². The highest BCUT2D eigenvalue weighted by Gasteiger charge is 2.47. The zero-order chi connectivity index (χ0) is 11.1. The first-order chi connectivity index (χ1) is 6.96. The molecule has 1 fully saturated rings. The van der Waals surface area contributed by atoms with E-state index < -0.39 is 17.8 Å². The summed E-state index contributed by atoms with van der Waals surface area (Å²) in [5.41, 5.74) is 0.666. The Kier molecular flexibility index (Phi) is 2.32. The average Bonchev–Trinajstić information content (AvgIpc) is 2.06. The van der Waals surface area contributed by atoms with Crippen LogP contribution in [0.15, 0.2) is 12.3 Å². The molecular formula is C10H10F3NO. The lowest BCUT2D eigenvalue weighted by molar-refractivity contribution is -0.136. The van der Waals surface area contributed by atoms with E-state index in [-0.39, 0.29) is 18.7 Å². The SMILES string of the molecule is Cc1cnc(OC2CC(F)(F)C2)c(F)c1. The fraction of sp³-hybridized carbons (Fsp3) is 0.500. The summed E-state index contributed by atoms with van der Waals surface area (Å²) in [5.74, 6) is -3.46. The first-order valence-electron chi connectivity index (χ1n) is 4.63. The second kappa shape index (κ2) is 3.40. The van der Waals surface area contributed by atoms with E-state index in [0.717, 1.165) is 0 Å². The van der Waals surface area contributed by atoms with Gasteiger partial charge in [-0.2, -0.15) is 0 Å². The third-order valence-electron chi connectivity index (χ3n) is 2.28. The molecule has 0 spiro atoms. The summed E-state index contributed by atoms with van der Waals surface area (Å²) in [6.45, 7) is 1.69. The van der Waals surface area contributed by atoms with Crippen LogP contribution in [0, 0.1) is 12.7 Å². The molecule has 0 amide bonds. The molecular weight excluding hydrogens is 207 g/mol. The molecule has 0 N–H and O–H groups in total. The standard InChI is InChI=1S/C10H10F3NO/c1-6-2-8(11)9(14-5-6)15-7-3-10(12,13)4-7/h2,5,7H,3-4H2,1H3. The van der Waals surface area contributed by atoms with Crippen LogP contribution >= 0.6 is 0 Å². The number of aryl methyl sites for hydroxylation is 1. The van der Waals surface area contributed by atoms with Crippen LogP contribution in [0.2, 0.25) is 0 Å². The molecule has 0 radical (unpaired) electrons. The molecule has 0 aromatic carbocycles. The molecule has 1 aliphatic carbocycles. The van der Waals surface area contributed by atoms with Gasteiger partial charge in [0.2, 0.25) is 0 Å². The minimum atomic E-state index is -2.66. The number of nitrogens with zero attached hydrogens (tertiary/aromatic N) is 1. The Balaban J connectivity index is 2.00. The van der Waals surface area contributed by atoms with Crippen LogP contribution < -0.4 is 4.74 Å². The molecule has 2 nitrogen and oxygen atoms in total. The summed E-state index contributed by atoms with van der Waals surface area (Å²) in [6, 6.07) is 1.26. The lowest BCUT2D eigenvalue weighted by Crippen LogP contribution is -2.43. The van der Waals surface area contributed by atoms with E-state index in [9.17, 15) is 13.2 Å². The predicted molar refractivity (Wildman–Crippen MR) is 47.5 cm³/mol. The lowest BCUT2D eigenvalue weighted by atomic mass is 9.91. The van der Waals surface area contributed by atoms with E-state index in [1.54, 1.807) is 6.92 Å². The molecule has 1 heterocycles. The van der Waals surface area contributed by atoms with E-state index in [4.69, 9.17) is 4.74 Å². The molecule has 0 atom stereocenters. The number of pyridine rings is 1. The van der Waals surface area contributed by atoms with Crippen LogP contribution in [0.1, 0.15) is 18.4 Å². The Labute approximate surface area is 85.1 Å². The third kappa shape index (κ3) is 2.22. The first kappa shape index (κ1) is 10.3. The zero-order valence-corrected chi connectivity index (χ0v) is 8.14. The van der Waals surface area contributed by atoms with Crippen molar-refractivity contribution in [2.24, 2.45) is 0 Å². The smallest absolute Gasteiger partial charge is 0.255 e. The molecule has 0 aliphatic heterocycles. The topological polar surface area (TPSA) is 22.1 Å². The number of hydrogen-bond donors (Lipinski definition) is 0. The van der Waals surface area contributed by atoms with Gasteiger partial charge in [-0.15, -0.1) is 0 Å². The van der Waals surface area contributed by atoms with Crippen LogP contribution in [0.25, 0.3) is 0 Å². The molecule has 1 aromatic rings. The van der Waals surface area contributed by atoms with Crippen molar-refractivity contribution in [1.29, 1.82) is 0 Å². The van der Waals surface area contributed by atoms with Gasteiger partial charge < -0.3 is 4.74 Å². The van der Waals surface area contributed by atoms with Gasteiger partial charge in [-0.05, 0) is 18.6 Å². The highest BCUT2D eigenvalue weighted by molar-refractivity contribution is 5.19. The Hall–Kier alpha value is -1.26. The summed E-state index contributed by atoms with van der Waals surface area (Å²) in [5, 5.41) is 0. The number of halogens is 3. The van der Waals surface area contributed by atoms with Crippen molar-refractivity contribution in [2.75, 3.05) is 0 Å². The zero-order valence-electron chi connectivity index (χ0n) is 8.14. The molecule has 1 aromatic heterocycles. The minimum Gasteiger partial charge on any atom is -0.472 e. The minimum absolute atomic E-state index is 0.193. The van der Waals surface area contributed by atoms with E-state index >= 15 is 0 Å². The third-order valence-corrected chi connectivity index (χ3v) is 2.28. The second-order valence-electron chi connectivity index (χ2n) is 3.80. The Morgan fingerprint density at radius 3 is 2.67 bits per heavy atom. The number of ether oxygens (including phenoxy) is 1. The molecule has 0 bridgehead atoms. The maximum absolute atomic E-state index is 13.2. The van der Waals surface area contributed by atoms with Crippen molar-refractivity contribution < 1.29 is 17.9 Å². The number of aromatic nitrogens is 1. The van der Waals surface area contributed by atoms with Gasteiger partial charge in [-0.3, -0.25) is 0 Å². The van der Waals surface area contributed by atoms with Crippen LogP contribution in [0.5, 0.6) is 5.88 Å². The average molecular weight is 217 g/mol. The van der Waals surface area contributed by atoms with Crippen LogP contribution in [-0.4, -0.2) is 17.0 Å². The molecule has 1 saturated carbocycles. The molecule has 0 unspecified atom stereocenters. The van der Waals surface area contributed by atoms with E-state index in [0.29, 0.717) is 5.56 Å². The van der Waals surface area contributed by atoms with Crippen molar-refractivity contribution >= 4 is 0 Å². The fourth-order valence-electron chi connectivity index (χ4n) is 1.46. The number of alkyl halides is 2. The highest BCUT2D eigenvalue weighted by Crippen LogP contribution is 2.39. The van der Waals surface area contributed by atoms with Crippen LogP contribution in [-0.2, 0) is 0 Å². The van der Waals surface area contributed by atoms with E-state index in [1.165, 1.54) is 12.3 Å². The lowest BCUT2D eigenvalue weighted by Gasteiger charge is -2.34. The Morgan fingerprint density at radius 1 is 1.47 bits per heavy atom. The Morgan fingerprint density at radius 2 is 2.13 bits per heavy atom. The van der Waals surface area contributed by atoms with Crippen molar-refractivity contribution in [3.8, 4) is 5.88 Å².